The smallest absolute Gasteiger partial charge is 0.266 e. The van der Waals surface area contributed by atoms with Crippen molar-refractivity contribution in [1.29, 1.82) is 0 Å². The van der Waals surface area contributed by atoms with Gasteiger partial charge in [0.05, 0.1) is 29.5 Å². The maximum Gasteiger partial charge on any atom is 0.266 e. The molecule has 0 unspecified atom stereocenters. The molecule has 0 bridgehead atoms. The number of aryl methyl sites for hydroxylation is 1. The van der Waals surface area contributed by atoms with E-state index in [0.717, 1.165) is 23.4 Å². The highest BCUT2D eigenvalue weighted by atomic mass is 32.2. The number of aromatic nitrogens is 2. The van der Waals surface area contributed by atoms with E-state index in [4.69, 9.17) is 9.72 Å². The van der Waals surface area contributed by atoms with Crippen LogP contribution in [0.15, 0.2) is 82.7 Å². The molecule has 0 fully saturated rings. The van der Waals surface area contributed by atoms with E-state index < -0.39 is 0 Å². The first-order valence-electron chi connectivity index (χ1n) is 10.7. The summed E-state index contributed by atoms with van der Waals surface area (Å²) in [5.41, 5.74) is 3.37. The molecule has 0 saturated carbocycles. The lowest BCUT2D eigenvalue weighted by Crippen LogP contribution is -2.26. The zero-order valence-electron chi connectivity index (χ0n) is 18.6. The molecule has 1 heterocycles. The second-order valence-corrected chi connectivity index (χ2v) is 8.43. The largest absolute Gasteiger partial charge is 0.497 e. The Kier molecular flexibility index (Phi) is 7.10. The minimum atomic E-state index is -0.147. The van der Waals surface area contributed by atoms with Crippen molar-refractivity contribution in [3.05, 3.63) is 94.3 Å². The lowest BCUT2D eigenvalue weighted by atomic mass is 10.1. The van der Waals surface area contributed by atoms with Crippen LogP contribution in [0.4, 0.5) is 0 Å². The molecule has 3 aromatic carbocycles. The van der Waals surface area contributed by atoms with Crippen molar-refractivity contribution in [3.8, 4) is 11.4 Å². The van der Waals surface area contributed by atoms with E-state index in [2.05, 4.69) is 12.2 Å². The number of thioether (sulfide) groups is 1. The number of fused-ring (bicyclic) bond motifs is 1. The minimum absolute atomic E-state index is 0.133. The molecule has 0 saturated heterocycles. The van der Waals surface area contributed by atoms with Crippen LogP contribution in [0, 0.1) is 0 Å². The molecule has 0 aliphatic rings. The van der Waals surface area contributed by atoms with Crippen molar-refractivity contribution in [1.82, 2.24) is 14.9 Å². The molecule has 6 nitrogen and oxygen atoms in total. The van der Waals surface area contributed by atoms with Gasteiger partial charge in [-0.15, -0.1) is 0 Å². The Morgan fingerprint density at radius 3 is 2.39 bits per heavy atom. The van der Waals surface area contributed by atoms with E-state index in [1.54, 1.807) is 17.7 Å². The Bertz CT molecular complexity index is 1320. The molecule has 4 rings (SSSR count). The van der Waals surface area contributed by atoms with E-state index in [1.165, 1.54) is 17.3 Å². The van der Waals surface area contributed by atoms with Crippen LogP contribution in [0.25, 0.3) is 16.6 Å². The molecule has 33 heavy (non-hydrogen) atoms. The Labute approximate surface area is 196 Å². The predicted molar refractivity (Wildman–Crippen MR) is 132 cm³/mol. The summed E-state index contributed by atoms with van der Waals surface area (Å²) in [7, 11) is 1.62. The molecule has 168 valence electrons. The molecular weight excluding hydrogens is 434 g/mol. The number of rotatable bonds is 8. The number of hydrogen-bond donors (Lipinski definition) is 1. The van der Waals surface area contributed by atoms with Crippen LogP contribution in [-0.2, 0) is 17.8 Å². The van der Waals surface area contributed by atoms with Gasteiger partial charge in [-0.1, -0.05) is 55.1 Å². The second kappa shape index (κ2) is 10.4. The minimum Gasteiger partial charge on any atom is -0.497 e. The molecular formula is C26H25N3O3S. The maximum absolute atomic E-state index is 13.3. The average molecular weight is 460 g/mol. The summed E-state index contributed by atoms with van der Waals surface area (Å²) < 4.78 is 6.74. The lowest BCUT2D eigenvalue weighted by Gasteiger charge is -2.14. The van der Waals surface area contributed by atoms with Crippen molar-refractivity contribution in [2.24, 2.45) is 0 Å². The number of benzene rings is 3. The van der Waals surface area contributed by atoms with E-state index in [1.807, 2.05) is 66.7 Å². The molecule has 1 N–H and O–H groups in total. The summed E-state index contributed by atoms with van der Waals surface area (Å²) in [5, 5.41) is 3.95. The molecule has 0 atom stereocenters. The third-order valence-corrected chi connectivity index (χ3v) is 6.27. The van der Waals surface area contributed by atoms with Crippen LogP contribution in [0.5, 0.6) is 5.75 Å². The molecule has 1 amide bonds. The highest BCUT2D eigenvalue weighted by molar-refractivity contribution is 7.99. The highest BCUT2D eigenvalue weighted by Crippen LogP contribution is 2.22. The zero-order valence-corrected chi connectivity index (χ0v) is 19.4. The molecule has 4 aromatic rings. The van der Waals surface area contributed by atoms with Gasteiger partial charge in [-0.25, -0.2) is 4.98 Å². The fourth-order valence-corrected chi connectivity index (χ4v) is 4.29. The van der Waals surface area contributed by atoms with Crippen molar-refractivity contribution in [3.63, 3.8) is 0 Å². The summed E-state index contributed by atoms with van der Waals surface area (Å²) in [6, 6.07) is 22.7. The predicted octanol–water partition coefficient (Wildman–Crippen LogP) is 4.37. The number of amides is 1. The molecule has 1 aromatic heterocycles. The van der Waals surface area contributed by atoms with Crippen molar-refractivity contribution < 1.29 is 9.53 Å². The third kappa shape index (κ3) is 5.26. The molecule has 0 aliphatic heterocycles. The zero-order chi connectivity index (χ0) is 23.2. The van der Waals surface area contributed by atoms with Gasteiger partial charge < -0.3 is 10.1 Å². The van der Waals surface area contributed by atoms with Crippen LogP contribution in [0.2, 0.25) is 0 Å². The average Bonchev–Trinajstić information content (AvgIpc) is 2.87. The number of nitrogens with zero attached hydrogens (tertiary/aromatic N) is 2. The maximum atomic E-state index is 13.3. The Morgan fingerprint density at radius 2 is 1.70 bits per heavy atom. The van der Waals surface area contributed by atoms with E-state index in [0.29, 0.717) is 22.6 Å². The normalized spacial score (nSPS) is 10.8. The summed E-state index contributed by atoms with van der Waals surface area (Å²) in [6.45, 7) is 2.50. The van der Waals surface area contributed by atoms with Gasteiger partial charge >= 0.3 is 0 Å². The summed E-state index contributed by atoms with van der Waals surface area (Å²) in [4.78, 5) is 30.5. The number of ether oxygens (including phenoxy) is 1. The Morgan fingerprint density at radius 1 is 1.00 bits per heavy atom. The van der Waals surface area contributed by atoms with Crippen molar-refractivity contribution in [2.75, 3.05) is 12.9 Å². The highest BCUT2D eigenvalue weighted by Gasteiger charge is 2.15. The quantitative estimate of drug-likeness (QED) is 0.313. The number of carbonyl (C=O) groups is 1. The number of carbonyl (C=O) groups excluding carboxylic acids is 1. The Balaban J connectivity index is 1.55. The van der Waals surface area contributed by atoms with Crippen LogP contribution in [-0.4, -0.2) is 28.3 Å². The summed E-state index contributed by atoms with van der Waals surface area (Å²) in [5.74, 6) is 0.785. The lowest BCUT2D eigenvalue weighted by molar-refractivity contribution is -0.118. The molecule has 0 radical (unpaired) electrons. The van der Waals surface area contributed by atoms with Gasteiger partial charge in [-0.05, 0) is 53.9 Å². The first-order valence-corrected chi connectivity index (χ1v) is 11.7. The summed E-state index contributed by atoms with van der Waals surface area (Å²) >= 11 is 1.25. The molecule has 7 heteroatoms. The fourth-order valence-electron chi connectivity index (χ4n) is 3.44. The topological polar surface area (TPSA) is 73.2 Å². The van der Waals surface area contributed by atoms with Crippen molar-refractivity contribution in [2.45, 2.75) is 25.0 Å². The van der Waals surface area contributed by atoms with Crippen LogP contribution in [0.3, 0.4) is 0 Å². The third-order valence-electron chi connectivity index (χ3n) is 5.33. The van der Waals surface area contributed by atoms with Gasteiger partial charge in [0, 0.05) is 6.54 Å². The first-order chi connectivity index (χ1) is 16.1. The monoisotopic (exact) mass is 459 g/mol. The molecule has 0 aliphatic carbocycles. The van der Waals surface area contributed by atoms with Crippen LogP contribution in [0.1, 0.15) is 18.1 Å². The molecule has 0 spiro atoms. The fraction of sp³-hybridized carbons (Fsp3) is 0.192. The van der Waals surface area contributed by atoms with Crippen LogP contribution < -0.4 is 15.6 Å². The van der Waals surface area contributed by atoms with Gasteiger partial charge in [0.15, 0.2) is 5.16 Å². The van der Waals surface area contributed by atoms with Gasteiger partial charge in [0.1, 0.15) is 5.75 Å². The van der Waals surface area contributed by atoms with E-state index in [-0.39, 0.29) is 17.2 Å². The SMILES string of the molecule is CCc1ccc(-n2c(SCC(=O)NCc3ccc(OC)cc3)nc3ccccc3c2=O)cc1. The van der Waals surface area contributed by atoms with Crippen LogP contribution >= 0.6 is 11.8 Å². The standard InChI is InChI=1S/C26H25N3O3S/c1-3-18-8-12-20(13-9-18)29-25(31)22-6-4-5-7-23(22)28-26(29)33-17-24(30)27-16-19-10-14-21(32-2)15-11-19/h4-15H,3,16-17H2,1-2H3,(H,27,30). The summed E-state index contributed by atoms with van der Waals surface area (Å²) in [6.07, 6.45) is 0.918. The van der Waals surface area contributed by atoms with Crippen molar-refractivity contribution >= 4 is 28.6 Å². The number of para-hydroxylation sites is 1. The number of hydrogen-bond acceptors (Lipinski definition) is 5. The Hall–Kier alpha value is -3.58. The second-order valence-electron chi connectivity index (χ2n) is 7.49. The van der Waals surface area contributed by atoms with Gasteiger partial charge in [0.25, 0.3) is 5.56 Å². The van der Waals surface area contributed by atoms with E-state index >= 15 is 0 Å². The number of nitrogens with one attached hydrogen (secondary N) is 1. The number of methoxy groups -OCH3 is 1. The van der Waals surface area contributed by atoms with E-state index in [9.17, 15) is 9.59 Å². The van der Waals surface area contributed by atoms with Gasteiger partial charge in [-0.3, -0.25) is 14.2 Å². The van der Waals surface area contributed by atoms with Gasteiger partial charge in [0.2, 0.25) is 5.91 Å². The van der Waals surface area contributed by atoms with Gasteiger partial charge in [-0.2, -0.15) is 0 Å². The first kappa shape index (κ1) is 22.6.